The smallest absolute Gasteiger partial charge is 0.177 e. The molecule has 0 bridgehead atoms. The molecule has 0 saturated heterocycles. The minimum atomic E-state index is 0. The molecule has 0 fully saturated rings. The van der Waals surface area contributed by atoms with Crippen LogP contribution in [0.4, 0.5) is 0 Å². The van der Waals surface area contributed by atoms with Gasteiger partial charge in [-0.1, -0.05) is 42.1 Å². The van der Waals surface area contributed by atoms with Gasteiger partial charge in [0.05, 0.1) is 0 Å². The van der Waals surface area contributed by atoms with Crippen LogP contribution in [0.2, 0.25) is 0 Å². The Kier molecular flexibility index (Phi) is 10.9. The van der Waals surface area contributed by atoms with Crippen LogP contribution in [-0.2, 0) is 5.75 Å². The van der Waals surface area contributed by atoms with E-state index < -0.39 is 0 Å². The summed E-state index contributed by atoms with van der Waals surface area (Å²) in [6.07, 6.45) is 0. The third-order valence-electron chi connectivity index (χ3n) is 1.36. The number of hydrogen-bond acceptors (Lipinski definition) is 3. The first-order chi connectivity index (χ1) is 5.83. The Balaban J connectivity index is 0. The third-order valence-corrected chi connectivity index (χ3v) is 2.24. The molecule has 80 valence electrons. The number of nitrogens with two attached hydrogens (primary N) is 2. The van der Waals surface area contributed by atoms with Crippen LogP contribution >= 0.6 is 45.7 Å². The first-order valence-electron chi connectivity index (χ1n) is 3.53. The van der Waals surface area contributed by atoms with Gasteiger partial charge in [-0.2, -0.15) is 5.10 Å². The maximum atomic E-state index is 5.41. The van der Waals surface area contributed by atoms with Crippen molar-refractivity contribution < 1.29 is 0 Å². The van der Waals surface area contributed by atoms with Gasteiger partial charge in [-0.05, 0) is 5.56 Å². The lowest BCUT2D eigenvalue weighted by Crippen LogP contribution is -2.09. The lowest BCUT2D eigenvalue weighted by Gasteiger charge is -1.98. The van der Waals surface area contributed by atoms with Crippen LogP contribution in [0, 0.1) is 0 Å². The molecule has 1 rings (SSSR count). The summed E-state index contributed by atoms with van der Waals surface area (Å²) in [5.41, 5.74) is 6.63. The van der Waals surface area contributed by atoms with Gasteiger partial charge in [0.2, 0.25) is 0 Å². The summed E-state index contributed by atoms with van der Waals surface area (Å²) >= 11 is 1.43. The predicted octanol–water partition coefficient (Wildman–Crippen LogP) is 2.26. The van der Waals surface area contributed by atoms with Crippen LogP contribution in [0.5, 0.6) is 0 Å². The fourth-order valence-corrected chi connectivity index (χ4v) is 1.35. The number of halogens is 2. The fourth-order valence-electron chi connectivity index (χ4n) is 0.769. The molecule has 0 spiro atoms. The lowest BCUT2D eigenvalue weighted by molar-refractivity contribution is 1.25. The Hall–Kier alpha value is -0.200. The molecule has 0 aliphatic carbocycles. The van der Waals surface area contributed by atoms with E-state index in [2.05, 4.69) is 5.10 Å². The van der Waals surface area contributed by atoms with Crippen molar-refractivity contribution in [1.82, 2.24) is 0 Å². The Labute approximate surface area is 109 Å². The first-order valence-corrected chi connectivity index (χ1v) is 4.51. The molecular weight excluding hydrogens is 330 g/mol. The highest BCUT2D eigenvalue weighted by Crippen LogP contribution is 2.10. The second kappa shape index (κ2) is 9.36. The van der Waals surface area contributed by atoms with E-state index in [9.17, 15) is 0 Å². The van der Waals surface area contributed by atoms with Gasteiger partial charge in [0, 0.05) is 5.75 Å². The standard InChI is InChI=1S/C8H11N3S.2BrH/c9-8(11-10)12-6-7-4-2-1-3-5-7;;/h1-5H,6,10H2,(H2,9,11);2*1H. The summed E-state index contributed by atoms with van der Waals surface area (Å²) < 4.78 is 0. The van der Waals surface area contributed by atoms with E-state index in [1.54, 1.807) is 0 Å². The average Bonchev–Trinajstić information content (AvgIpc) is 2.16. The molecule has 0 amide bonds. The molecular formula is C8H13Br2N3S. The number of rotatable bonds is 2. The molecule has 0 heterocycles. The topological polar surface area (TPSA) is 64.4 Å². The van der Waals surface area contributed by atoms with Gasteiger partial charge in [-0.3, -0.25) is 0 Å². The van der Waals surface area contributed by atoms with E-state index in [4.69, 9.17) is 11.6 Å². The summed E-state index contributed by atoms with van der Waals surface area (Å²) in [7, 11) is 0. The van der Waals surface area contributed by atoms with Gasteiger partial charge < -0.3 is 11.6 Å². The van der Waals surface area contributed by atoms with E-state index in [-0.39, 0.29) is 34.0 Å². The SMILES string of the molecule is Br.Br.N/N=C(\N)SCc1ccccc1. The Morgan fingerprint density at radius 3 is 2.29 bits per heavy atom. The normalized spacial score (nSPS) is 9.86. The van der Waals surface area contributed by atoms with Crippen LogP contribution in [0.15, 0.2) is 35.4 Å². The molecule has 0 aliphatic rings. The molecule has 0 aliphatic heterocycles. The second-order valence-corrected chi connectivity index (χ2v) is 3.24. The van der Waals surface area contributed by atoms with Gasteiger partial charge in [0.1, 0.15) is 0 Å². The molecule has 0 aromatic heterocycles. The van der Waals surface area contributed by atoms with Crippen LogP contribution < -0.4 is 11.6 Å². The van der Waals surface area contributed by atoms with Crippen molar-refractivity contribution >= 4 is 50.9 Å². The Morgan fingerprint density at radius 2 is 1.79 bits per heavy atom. The predicted molar refractivity (Wildman–Crippen MR) is 74.2 cm³/mol. The summed E-state index contributed by atoms with van der Waals surface area (Å²) in [5.74, 6) is 5.79. The van der Waals surface area contributed by atoms with Crippen molar-refractivity contribution in [2.24, 2.45) is 16.7 Å². The highest BCUT2D eigenvalue weighted by atomic mass is 79.9. The van der Waals surface area contributed by atoms with Crippen LogP contribution in [0.1, 0.15) is 5.56 Å². The maximum absolute atomic E-state index is 5.41. The van der Waals surface area contributed by atoms with E-state index in [0.717, 1.165) is 5.75 Å². The molecule has 1 aromatic carbocycles. The summed E-state index contributed by atoms with van der Waals surface area (Å²) in [4.78, 5) is 0. The zero-order valence-electron chi connectivity index (χ0n) is 7.42. The van der Waals surface area contributed by atoms with Crippen LogP contribution in [0.25, 0.3) is 0 Å². The highest BCUT2D eigenvalue weighted by molar-refractivity contribution is 8.93. The van der Waals surface area contributed by atoms with Gasteiger partial charge >= 0.3 is 0 Å². The zero-order chi connectivity index (χ0) is 8.81. The van der Waals surface area contributed by atoms with Crippen molar-refractivity contribution in [2.75, 3.05) is 0 Å². The fraction of sp³-hybridized carbons (Fsp3) is 0.125. The van der Waals surface area contributed by atoms with Gasteiger partial charge in [-0.25, -0.2) is 0 Å². The number of hydrogen-bond donors (Lipinski definition) is 2. The molecule has 0 unspecified atom stereocenters. The summed E-state index contributed by atoms with van der Waals surface area (Å²) in [6, 6.07) is 10.0. The summed E-state index contributed by atoms with van der Waals surface area (Å²) in [5, 5.41) is 3.78. The van der Waals surface area contributed by atoms with Gasteiger partial charge in [0.15, 0.2) is 5.17 Å². The molecule has 6 heteroatoms. The lowest BCUT2D eigenvalue weighted by atomic mass is 10.2. The largest absolute Gasteiger partial charge is 0.377 e. The highest BCUT2D eigenvalue weighted by Gasteiger charge is 1.94. The van der Waals surface area contributed by atoms with E-state index in [1.807, 2.05) is 30.3 Å². The van der Waals surface area contributed by atoms with Crippen LogP contribution in [-0.4, -0.2) is 5.17 Å². The summed E-state index contributed by atoms with van der Waals surface area (Å²) in [6.45, 7) is 0. The number of nitrogens with zero attached hydrogens (tertiary/aromatic N) is 1. The monoisotopic (exact) mass is 341 g/mol. The quantitative estimate of drug-likeness (QED) is 0.375. The number of benzene rings is 1. The van der Waals surface area contributed by atoms with Crippen molar-refractivity contribution in [3.63, 3.8) is 0 Å². The molecule has 0 saturated carbocycles. The molecule has 0 radical (unpaired) electrons. The molecule has 1 aromatic rings. The number of hydrazone groups is 1. The van der Waals surface area contributed by atoms with Crippen molar-refractivity contribution in [3.05, 3.63) is 35.9 Å². The number of amidine groups is 1. The third kappa shape index (κ3) is 6.28. The molecule has 4 N–H and O–H groups in total. The molecule has 0 atom stereocenters. The van der Waals surface area contributed by atoms with E-state index in [1.165, 1.54) is 17.3 Å². The van der Waals surface area contributed by atoms with Gasteiger partial charge in [0.25, 0.3) is 0 Å². The van der Waals surface area contributed by atoms with Gasteiger partial charge in [-0.15, -0.1) is 34.0 Å². The van der Waals surface area contributed by atoms with E-state index >= 15 is 0 Å². The Morgan fingerprint density at radius 1 is 1.21 bits per heavy atom. The first kappa shape index (κ1) is 16.2. The van der Waals surface area contributed by atoms with Crippen molar-refractivity contribution in [2.45, 2.75) is 5.75 Å². The van der Waals surface area contributed by atoms with Crippen molar-refractivity contribution in [1.29, 1.82) is 0 Å². The van der Waals surface area contributed by atoms with Crippen LogP contribution in [0.3, 0.4) is 0 Å². The molecule has 3 nitrogen and oxygen atoms in total. The average molecular weight is 343 g/mol. The Bertz CT molecular complexity index is 267. The molecule has 14 heavy (non-hydrogen) atoms. The second-order valence-electron chi connectivity index (χ2n) is 2.24. The number of thioether (sulfide) groups is 1. The minimum Gasteiger partial charge on any atom is -0.377 e. The van der Waals surface area contributed by atoms with E-state index in [0.29, 0.717) is 5.17 Å². The van der Waals surface area contributed by atoms with Crippen molar-refractivity contribution in [3.8, 4) is 0 Å². The maximum Gasteiger partial charge on any atom is 0.177 e. The minimum absolute atomic E-state index is 0. The zero-order valence-corrected chi connectivity index (χ0v) is 11.7.